The quantitative estimate of drug-likeness (QED) is 0.770. The van der Waals surface area contributed by atoms with Gasteiger partial charge in [0.25, 0.3) is 5.91 Å². The number of carbonyl (C=O) groups is 1. The summed E-state index contributed by atoms with van der Waals surface area (Å²) in [5.41, 5.74) is 1.98. The Labute approximate surface area is 158 Å². The Kier molecular flexibility index (Phi) is 7.12. The molecule has 0 aliphatic carbocycles. The highest BCUT2D eigenvalue weighted by Gasteiger charge is 2.17. The van der Waals surface area contributed by atoms with Gasteiger partial charge in [-0.25, -0.2) is 0 Å². The Morgan fingerprint density at radius 2 is 1.88 bits per heavy atom. The first kappa shape index (κ1) is 19.6. The van der Waals surface area contributed by atoms with Crippen LogP contribution in [0, 0.1) is 0 Å². The van der Waals surface area contributed by atoms with Crippen molar-refractivity contribution in [2.45, 2.75) is 25.9 Å². The number of ether oxygens (including phenoxy) is 1. The number of rotatable bonds is 7. The molecule has 0 spiro atoms. The Balaban J connectivity index is 1.90. The molecule has 0 heterocycles. The first-order valence-corrected chi connectivity index (χ1v) is 8.88. The largest absolute Gasteiger partial charge is 0.496 e. The normalized spacial score (nSPS) is 13.2. The van der Waals surface area contributed by atoms with Crippen molar-refractivity contribution in [1.29, 1.82) is 0 Å². The van der Waals surface area contributed by atoms with Gasteiger partial charge in [0.15, 0.2) is 6.54 Å². The summed E-state index contributed by atoms with van der Waals surface area (Å²) in [6.45, 7) is 4.29. The second-order valence-corrected chi connectivity index (χ2v) is 6.75. The summed E-state index contributed by atoms with van der Waals surface area (Å²) in [4.78, 5) is 12.2. The van der Waals surface area contributed by atoms with E-state index in [1.165, 1.54) is 0 Å². The van der Waals surface area contributed by atoms with E-state index >= 15 is 0 Å². The second-order valence-electron chi connectivity index (χ2n) is 5.93. The van der Waals surface area contributed by atoms with Gasteiger partial charge in [-0.15, -0.1) is 0 Å². The van der Waals surface area contributed by atoms with E-state index in [0.29, 0.717) is 16.6 Å². The minimum absolute atomic E-state index is 0.0414. The molecule has 2 atom stereocenters. The van der Waals surface area contributed by atoms with Crippen molar-refractivity contribution in [3.63, 3.8) is 0 Å². The Hall–Kier alpha value is -1.75. The molecule has 1 amide bonds. The molecular weight excluding hydrogens is 359 g/mol. The minimum Gasteiger partial charge on any atom is -0.496 e. The lowest BCUT2D eigenvalue weighted by Gasteiger charge is -2.17. The van der Waals surface area contributed by atoms with E-state index in [2.05, 4.69) is 5.32 Å². The smallest absolute Gasteiger partial charge is 0.275 e. The third-order valence-electron chi connectivity index (χ3n) is 4.11. The average molecular weight is 382 g/mol. The van der Waals surface area contributed by atoms with Gasteiger partial charge in [0.05, 0.1) is 28.8 Å². The predicted octanol–water partition coefficient (Wildman–Crippen LogP) is 3.50. The van der Waals surface area contributed by atoms with E-state index < -0.39 is 0 Å². The molecule has 0 aromatic heterocycles. The lowest BCUT2D eigenvalue weighted by Crippen LogP contribution is -2.87. The number of quaternary nitrogens is 1. The molecule has 0 bridgehead atoms. The number of hydrogen-bond donors (Lipinski definition) is 2. The average Bonchev–Trinajstić information content (AvgIpc) is 2.61. The van der Waals surface area contributed by atoms with Crippen LogP contribution in [0.4, 0.5) is 0 Å². The van der Waals surface area contributed by atoms with E-state index in [-0.39, 0.29) is 18.0 Å². The number of hydrogen-bond acceptors (Lipinski definition) is 2. The Morgan fingerprint density at radius 1 is 1.16 bits per heavy atom. The molecule has 0 unspecified atom stereocenters. The van der Waals surface area contributed by atoms with Crippen LogP contribution in [0.15, 0.2) is 42.5 Å². The van der Waals surface area contributed by atoms with Crippen molar-refractivity contribution in [3.05, 3.63) is 63.6 Å². The number of halogens is 2. The second kappa shape index (κ2) is 9.09. The third kappa shape index (κ3) is 5.36. The fourth-order valence-corrected chi connectivity index (χ4v) is 2.93. The molecule has 0 fully saturated rings. The zero-order valence-corrected chi connectivity index (χ0v) is 16.1. The molecule has 134 valence electrons. The van der Waals surface area contributed by atoms with Gasteiger partial charge in [-0.05, 0) is 43.7 Å². The van der Waals surface area contributed by atoms with Gasteiger partial charge in [0.2, 0.25) is 0 Å². The molecule has 0 radical (unpaired) electrons. The van der Waals surface area contributed by atoms with Crippen molar-refractivity contribution in [1.82, 2.24) is 5.32 Å². The molecule has 4 nitrogen and oxygen atoms in total. The third-order valence-corrected chi connectivity index (χ3v) is 4.85. The molecule has 3 N–H and O–H groups in total. The van der Waals surface area contributed by atoms with Crippen LogP contribution in [-0.4, -0.2) is 19.6 Å². The number of methoxy groups -OCH3 is 1. The first-order valence-electron chi connectivity index (χ1n) is 8.13. The highest BCUT2D eigenvalue weighted by molar-refractivity contribution is 6.42. The molecule has 6 heteroatoms. The lowest BCUT2D eigenvalue weighted by atomic mass is 10.1. The lowest BCUT2D eigenvalue weighted by molar-refractivity contribution is -0.682. The van der Waals surface area contributed by atoms with Gasteiger partial charge in [-0.3, -0.25) is 4.79 Å². The van der Waals surface area contributed by atoms with Crippen LogP contribution in [-0.2, 0) is 4.79 Å². The number of nitrogens with one attached hydrogen (secondary N) is 1. The van der Waals surface area contributed by atoms with Crippen molar-refractivity contribution in [2.24, 2.45) is 0 Å². The van der Waals surface area contributed by atoms with Crippen LogP contribution < -0.4 is 15.4 Å². The fourth-order valence-electron chi connectivity index (χ4n) is 2.62. The zero-order valence-electron chi connectivity index (χ0n) is 14.6. The topological polar surface area (TPSA) is 54.9 Å². The molecular formula is C19H23Cl2N2O2+. The number of para-hydroxylation sites is 1. The Bertz CT molecular complexity index is 737. The maximum absolute atomic E-state index is 12.2. The molecule has 0 saturated carbocycles. The molecule has 0 aliphatic heterocycles. The van der Waals surface area contributed by atoms with E-state index in [4.69, 9.17) is 27.9 Å². The fraction of sp³-hybridized carbons (Fsp3) is 0.316. The maximum Gasteiger partial charge on any atom is 0.275 e. The summed E-state index contributed by atoms with van der Waals surface area (Å²) in [7, 11) is 1.65. The summed E-state index contributed by atoms with van der Waals surface area (Å²) in [5, 5.41) is 5.94. The van der Waals surface area contributed by atoms with Gasteiger partial charge >= 0.3 is 0 Å². The van der Waals surface area contributed by atoms with Gasteiger partial charge in [0.1, 0.15) is 11.8 Å². The first-order chi connectivity index (χ1) is 11.9. The monoisotopic (exact) mass is 381 g/mol. The van der Waals surface area contributed by atoms with Crippen molar-refractivity contribution < 1.29 is 14.8 Å². The van der Waals surface area contributed by atoms with Crippen LogP contribution >= 0.6 is 23.2 Å². The molecule has 0 saturated heterocycles. The van der Waals surface area contributed by atoms with Gasteiger partial charge in [-0.1, -0.05) is 41.4 Å². The van der Waals surface area contributed by atoms with E-state index in [0.717, 1.165) is 16.9 Å². The van der Waals surface area contributed by atoms with E-state index in [1.54, 1.807) is 19.2 Å². The molecule has 0 aliphatic rings. The van der Waals surface area contributed by atoms with E-state index in [1.807, 2.05) is 49.5 Å². The zero-order chi connectivity index (χ0) is 18.4. The SMILES string of the molecule is COc1ccccc1[C@H](C)[NH2+]CC(=O)N[C@H](C)c1ccc(Cl)c(Cl)c1. The predicted molar refractivity (Wildman–Crippen MR) is 101 cm³/mol. The number of amides is 1. The molecule has 2 aromatic rings. The summed E-state index contributed by atoms with van der Waals surface area (Å²) in [6, 6.07) is 13.2. The number of carbonyl (C=O) groups excluding carboxylic acids is 1. The van der Waals surface area contributed by atoms with Crippen molar-refractivity contribution >= 4 is 29.1 Å². The summed E-state index contributed by atoms with van der Waals surface area (Å²) in [5.74, 6) is 0.788. The Morgan fingerprint density at radius 3 is 2.56 bits per heavy atom. The minimum atomic E-state index is -0.141. The summed E-state index contributed by atoms with van der Waals surface area (Å²) in [6.07, 6.45) is 0. The van der Waals surface area contributed by atoms with Crippen LogP contribution in [0.2, 0.25) is 10.0 Å². The van der Waals surface area contributed by atoms with Crippen molar-refractivity contribution in [3.8, 4) is 5.75 Å². The van der Waals surface area contributed by atoms with Gasteiger partial charge in [0, 0.05) is 0 Å². The van der Waals surface area contributed by atoms with Crippen molar-refractivity contribution in [2.75, 3.05) is 13.7 Å². The molecule has 25 heavy (non-hydrogen) atoms. The number of benzene rings is 2. The number of nitrogens with two attached hydrogens (primary N) is 1. The standard InChI is InChI=1S/C19H22Cl2N2O2/c1-12(14-8-9-16(20)17(21)10-14)23-19(24)11-22-13(2)15-6-4-5-7-18(15)25-3/h4-10,12-13,22H,11H2,1-3H3,(H,23,24)/p+1/t12-,13+/m1/s1. The van der Waals surface area contributed by atoms with Gasteiger partial charge < -0.3 is 15.4 Å². The van der Waals surface area contributed by atoms with Crippen LogP contribution in [0.5, 0.6) is 5.75 Å². The molecule has 2 rings (SSSR count). The van der Waals surface area contributed by atoms with E-state index in [9.17, 15) is 4.79 Å². The van der Waals surface area contributed by atoms with Crippen LogP contribution in [0.25, 0.3) is 0 Å². The van der Waals surface area contributed by atoms with Gasteiger partial charge in [-0.2, -0.15) is 0 Å². The summed E-state index contributed by atoms with van der Waals surface area (Å²) >= 11 is 12.0. The highest BCUT2D eigenvalue weighted by atomic mass is 35.5. The van der Waals surface area contributed by atoms with Crippen LogP contribution in [0.1, 0.15) is 37.1 Å². The van der Waals surface area contributed by atoms with Crippen LogP contribution in [0.3, 0.4) is 0 Å². The molecule has 2 aromatic carbocycles. The maximum atomic E-state index is 12.2. The highest BCUT2D eigenvalue weighted by Crippen LogP contribution is 2.25. The summed E-state index contributed by atoms with van der Waals surface area (Å²) < 4.78 is 5.37.